The van der Waals surface area contributed by atoms with Crippen LogP contribution in [-0.2, 0) is 6.61 Å². The highest BCUT2D eigenvalue weighted by Crippen LogP contribution is 2.25. The van der Waals surface area contributed by atoms with Gasteiger partial charge in [0.25, 0.3) is 0 Å². The van der Waals surface area contributed by atoms with Gasteiger partial charge < -0.3 is 4.74 Å². The van der Waals surface area contributed by atoms with Gasteiger partial charge in [-0.3, -0.25) is 4.99 Å². The molecular weight excluding hydrogens is 366 g/mol. The molecule has 0 fully saturated rings. The van der Waals surface area contributed by atoms with Crippen molar-refractivity contribution in [2.24, 2.45) is 4.99 Å². The van der Waals surface area contributed by atoms with Crippen LogP contribution in [0.5, 0.6) is 5.75 Å². The number of ether oxygens (including phenoxy) is 1. The number of hydrogen-bond acceptors (Lipinski definition) is 2. The second-order valence-corrected chi connectivity index (χ2v) is 7.06. The van der Waals surface area contributed by atoms with Gasteiger partial charge in [0.1, 0.15) is 12.4 Å². The van der Waals surface area contributed by atoms with Crippen molar-refractivity contribution >= 4 is 34.3 Å². The van der Waals surface area contributed by atoms with Crippen molar-refractivity contribution < 1.29 is 4.74 Å². The van der Waals surface area contributed by atoms with Crippen LogP contribution in [0.3, 0.4) is 0 Å². The van der Waals surface area contributed by atoms with Crippen LogP contribution in [0.15, 0.2) is 89.9 Å². The number of aliphatic imine (C=N–C) groups is 1. The van der Waals surface area contributed by atoms with Crippen molar-refractivity contribution in [2.75, 3.05) is 0 Å². The summed E-state index contributed by atoms with van der Waals surface area (Å²) in [4.78, 5) is 4.55. The first kappa shape index (κ1) is 18.3. The molecule has 0 aliphatic rings. The first-order valence-corrected chi connectivity index (χ1v) is 9.57. The summed E-state index contributed by atoms with van der Waals surface area (Å²) in [7, 11) is 0. The Balaban J connectivity index is 1.56. The summed E-state index contributed by atoms with van der Waals surface area (Å²) in [6, 6.07) is 28.3. The van der Waals surface area contributed by atoms with Crippen LogP contribution < -0.4 is 4.74 Å². The number of halogens is 1. The maximum absolute atomic E-state index is 6.19. The zero-order valence-electron chi connectivity index (χ0n) is 15.6. The third-order valence-corrected chi connectivity index (χ3v) is 5.10. The first-order chi connectivity index (χ1) is 13.7. The molecule has 0 saturated carbocycles. The van der Waals surface area contributed by atoms with Gasteiger partial charge in [0.05, 0.1) is 5.69 Å². The third-order valence-electron chi connectivity index (χ3n) is 4.69. The van der Waals surface area contributed by atoms with Gasteiger partial charge in [0.2, 0.25) is 0 Å². The Hall–Kier alpha value is -3.10. The monoisotopic (exact) mass is 385 g/mol. The van der Waals surface area contributed by atoms with E-state index in [0.29, 0.717) is 6.61 Å². The largest absolute Gasteiger partial charge is 0.488 e. The Morgan fingerprint density at radius 3 is 2.57 bits per heavy atom. The summed E-state index contributed by atoms with van der Waals surface area (Å²) in [5, 5.41) is 3.15. The molecule has 28 heavy (non-hydrogen) atoms. The lowest BCUT2D eigenvalue weighted by Crippen LogP contribution is -1.99. The van der Waals surface area contributed by atoms with E-state index in [0.717, 1.165) is 33.1 Å². The standard InChI is InChI=1S/C25H20ClNO/c1-18-13-14-22(15-24(18)26)27-16-20-8-3-5-12-25(20)28-17-21-10-6-9-19-7-2-4-11-23(19)21/h2-16H,17H2,1H3. The second-order valence-electron chi connectivity index (χ2n) is 6.66. The predicted octanol–water partition coefficient (Wildman–Crippen LogP) is 7.13. The van der Waals surface area contributed by atoms with Crippen LogP contribution in [0.2, 0.25) is 5.02 Å². The van der Waals surface area contributed by atoms with Gasteiger partial charge in [-0.15, -0.1) is 0 Å². The summed E-state index contributed by atoms with van der Waals surface area (Å²) in [6.07, 6.45) is 1.82. The molecule has 0 amide bonds. The first-order valence-electron chi connectivity index (χ1n) is 9.19. The molecule has 0 aromatic heterocycles. The lowest BCUT2D eigenvalue weighted by Gasteiger charge is -2.11. The van der Waals surface area contributed by atoms with Crippen LogP contribution in [0.1, 0.15) is 16.7 Å². The van der Waals surface area contributed by atoms with E-state index < -0.39 is 0 Å². The fraction of sp³-hybridized carbons (Fsp3) is 0.0800. The van der Waals surface area contributed by atoms with Gasteiger partial charge >= 0.3 is 0 Å². The van der Waals surface area contributed by atoms with E-state index in [-0.39, 0.29) is 0 Å². The average Bonchev–Trinajstić information content (AvgIpc) is 2.73. The molecule has 4 aromatic carbocycles. The van der Waals surface area contributed by atoms with Crippen molar-refractivity contribution in [2.45, 2.75) is 13.5 Å². The lowest BCUT2D eigenvalue weighted by molar-refractivity contribution is 0.307. The second kappa shape index (κ2) is 8.28. The molecule has 0 saturated heterocycles. The maximum atomic E-state index is 6.19. The molecule has 0 bridgehead atoms. The van der Waals surface area contributed by atoms with Crippen LogP contribution in [0.25, 0.3) is 10.8 Å². The number of aryl methyl sites for hydroxylation is 1. The van der Waals surface area contributed by atoms with Gasteiger partial charge in [0.15, 0.2) is 0 Å². The van der Waals surface area contributed by atoms with Crippen molar-refractivity contribution in [1.82, 2.24) is 0 Å². The minimum absolute atomic E-state index is 0.503. The van der Waals surface area contributed by atoms with Gasteiger partial charge in [-0.25, -0.2) is 0 Å². The number of para-hydroxylation sites is 1. The fourth-order valence-electron chi connectivity index (χ4n) is 3.10. The van der Waals surface area contributed by atoms with Crippen LogP contribution >= 0.6 is 11.6 Å². The number of benzene rings is 4. The molecule has 3 heteroatoms. The molecule has 0 spiro atoms. The van der Waals surface area contributed by atoms with E-state index in [1.165, 1.54) is 10.8 Å². The molecule has 2 nitrogen and oxygen atoms in total. The molecule has 0 radical (unpaired) electrons. The zero-order valence-corrected chi connectivity index (χ0v) is 16.4. The topological polar surface area (TPSA) is 21.6 Å². The highest BCUT2D eigenvalue weighted by atomic mass is 35.5. The minimum atomic E-state index is 0.503. The van der Waals surface area contributed by atoms with Crippen molar-refractivity contribution in [1.29, 1.82) is 0 Å². The minimum Gasteiger partial charge on any atom is -0.488 e. The summed E-state index contributed by atoms with van der Waals surface area (Å²) in [5.74, 6) is 0.803. The molecule has 0 heterocycles. The van der Waals surface area contributed by atoms with E-state index >= 15 is 0 Å². The summed E-state index contributed by atoms with van der Waals surface area (Å²) in [5.41, 5.74) is 3.95. The maximum Gasteiger partial charge on any atom is 0.128 e. The van der Waals surface area contributed by atoms with Crippen molar-refractivity contribution in [3.05, 3.63) is 107 Å². The predicted molar refractivity (Wildman–Crippen MR) is 118 cm³/mol. The number of rotatable bonds is 5. The number of hydrogen-bond donors (Lipinski definition) is 0. The van der Waals surface area contributed by atoms with E-state index in [9.17, 15) is 0 Å². The van der Waals surface area contributed by atoms with Gasteiger partial charge in [-0.05, 0) is 53.1 Å². The molecule has 4 rings (SSSR count). The smallest absolute Gasteiger partial charge is 0.128 e. The summed E-state index contributed by atoms with van der Waals surface area (Å²) in [6.45, 7) is 2.48. The fourth-order valence-corrected chi connectivity index (χ4v) is 3.27. The van der Waals surface area contributed by atoms with E-state index in [1.54, 1.807) is 0 Å². The molecular formula is C25H20ClNO. The molecule has 0 N–H and O–H groups in total. The van der Waals surface area contributed by atoms with Gasteiger partial charge in [0, 0.05) is 16.8 Å². The van der Waals surface area contributed by atoms with Gasteiger partial charge in [-0.1, -0.05) is 72.3 Å². The van der Waals surface area contributed by atoms with Crippen molar-refractivity contribution in [3.8, 4) is 5.75 Å². The van der Waals surface area contributed by atoms with Crippen LogP contribution in [-0.4, -0.2) is 6.21 Å². The quantitative estimate of drug-likeness (QED) is 0.335. The number of fused-ring (bicyclic) bond motifs is 1. The zero-order chi connectivity index (χ0) is 19.3. The SMILES string of the molecule is Cc1ccc(N=Cc2ccccc2OCc2cccc3ccccc23)cc1Cl. The Morgan fingerprint density at radius 1 is 0.893 bits per heavy atom. The molecule has 138 valence electrons. The van der Waals surface area contributed by atoms with Crippen LogP contribution in [0.4, 0.5) is 5.69 Å². The molecule has 4 aromatic rings. The molecule has 0 unspecified atom stereocenters. The van der Waals surface area contributed by atoms with Crippen LogP contribution in [0, 0.1) is 6.92 Å². The highest BCUT2D eigenvalue weighted by molar-refractivity contribution is 6.31. The Bertz CT molecular complexity index is 1140. The lowest BCUT2D eigenvalue weighted by atomic mass is 10.1. The van der Waals surface area contributed by atoms with Crippen molar-refractivity contribution in [3.63, 3.8) is 0 Å². The number of nitrogens with zero attached hydrogens (tertiary/aromatic N) is 1. The van der Waals surface area contributed by atoms with Gasteiger partial charge in [-0.2, -0.15) is 0 Å². The Labute approximate surface area is 170 Å². The average molecular weight is 386 g/mol. The summed E-state index contributed by atoms with van der Waals surface area (Å²) >= 11 is 6.19. The van der Waals surface area contributed by atoms with E-state index in [2.05, 4.69) is 47.5 Å². The highest BCUT2D eigenvalue weighted by Gasteiger charge is 2.05. The molecule has 0 aliphatic carbocycles. The summed E-state index contributed by atoms with van der Waals surface area (Å²) < 4.78 is 6.15. The Kier molecular flexibility index (Phi) is 5.41. The van der Waals surface area contributed by atoms with E-state index in [4.69, 9.17) is 16.3 Å². The van der Waals surface area contributed by atoms with E-state index in [1.807, 2.05) is 55.6 Å². The third kappa shape index (κ3) is 4.08. The normalized spacial score (nSPS) is 11.2. The molecule has 0 atom stereocenters. The Morgan fingerprint density at radius 2 is 1.68 bits per heavy atom. The molecule has 0 aliphatic heterocycles.